The Morgan fingerprint density at radius 2 is 1.93 bits per heavy atom. The number of hydrogen-bond donors (Lipinski definition) is 0. The number of aromatic nitrogens is 5. The van der Waals surface area contributed by atoms with Crippen LogP contribution in [-0.2, 0) is 10.5 Å². The SMILES string of the molecule is CC(=O)N(c1ccc(C)c(C)c1)c1nc(CSc2nnnn2-c2ccccc2)cs1. The molecule has 7 nitrogen and oxygen atoms in total. The van der Waals surface area contributed by atoms with Crippen LogP contribution in [0.25, 0.3) is 5.69 Å². The standard InChI is InChI=1S/C21H20N6OS2/c1-14-9-10-19(11-15(14)2)26(16(3)28)20-22-17(12-29-20)13-30-21-23-24-25-27(21)18-7-5-4-6-8-18/h4-12H,13H2,1-3H3. The third-order valence-corrected chi connectivity index (χ3v) is 6.41. The Morgan fingerprint density at radius 3 is 2.67 bits per heavy atom. The molecule has 0 aliphatic carbocycles. The molecule has 9 heteroatoms. The summed E-state index contributed by atoms with van der Waals surface area (Å²) in [6, 6.07) is 15.7. The topological polar surface area (TPSA) is 76.8 Å². The number of thioether (sulfide) groups is 1. The zero-order chi connectivity index (χ0) is 21.1. The van der Waals surface area contributed by atoms with Gasteiger partial charge in [0.15, 0.2) is 5.13 Å². The third-order valence-electron chi connectivity index (χ3n) is 4.59. The van der Waals surface area contributed by atoms with Gasteiger partial charge in [0.1, 0.15) is 0 Å². The number of aryl methyl sites for hydroxylation is 2. The van der Waals surface area contributed by atoms with Crippen molar-refractivity contribution in [2.45, 2.75) is 31.7 Å². The van der Waals surface area contributed by atoms with Crippen LogP contribution < -0.4 is 4.90 Å². The summed E-state index contributed by atoms with van der Waals surface area (Å²) in [6.45, 7) is 5.65. The maximum atomic E-state index is 12.4. The van der Waals surface area contributed by atoms with Gasteiger partial charge < -0.3 is 0 Å². The molecule has 2 aromatic carbocycles. The fourth-order valence-electron chi connectivity index (χ4n) is 2.90. The van der Waals surface area contributed by atoms with Crippen molar-refractivity contribution in [2.75, 3.05) is 4.90 Å². The van der Waals surface area contributed by atoms with Gasteiger partial charge in [-0.2, -0.15) is 4.68 Å². The van der Waals surface area contributed by atoms with E-state index < -0.39 is 0 Å². The van der Waals surface area contributed by atoms with Crippen LogP contribution in [0.4, 0.5) is 10.8 Å². The van der Waals surface area contributed by atoms with Crippen LogP contribution in [0.3, 0.4) is 0 Å². The number of thiazole rings is 1. The summed E-state index contributed by atoms with van der Waals surface area (Å²) in [6.07, 6.45) is 0. The predicted octanol–water partition coefficient (Wildman–Crippen LogP) is 4.71. The Hall–Kier alpha value is -3.04. The minimum absolute atomic E-state index is 0.0696. The van der Waals surface area contributed by atoms with Gasteiger partial charge in [-0.1, -0.05) is 36.0 Å². The summed E-state index contributed by atoms with van der Waals surface area (Å²) in [7, 11) is 0. The van der Waals surface area contributed by atoms with Gasteiger partial charge in [0.05, 0.1) is 17.1 Å². The lowest BCUT2D eigenvalue weighted by molar-refractivity contribution is -0.115. The van der Waals surface area contributed by atoms with Gasteiger partial charge in [-0.25, -0.2) is 4.98 Å². The first kappa shape index (κ1) is 20.2. The van der Waals surface area contributed by atoms with Crippen molar-refractivity contribution in [1.29, 1.82) is 0 Å². The number of nitrogens with zero attached hydrogens (tertiary/aromatic N) is 6. The zero-order valence-electron chi connectivity index (χ0n) is 16.8. The summed E-state index contributed by atoms with van der Waals surface area (Å²) in [5.74, 6) is 0.530. The number of amides is 1. The van der Waals surface area contributed by atoms with Gasteiger partial charge in [-0.05, 0) is 59.7 Å². The Balaban J connectivity index is 1.52. The minimum atomic E-state index is -0.0696. The molecule has 0 saturated carbocycles. The Labute approximate surface area is 182 Å². The highest BCUT2D eigenvalue weighted by Crippen LogP contribution is 2.32. The average molecular weight is 437 g/mol. The number of anilines is 2. The molecule has 0 radical (unpaired) electrons. The van der Waals surface area contributed by atoms with E-state index in [0.717, 1.165) is 22.6 Å². The van der Waals surface area contributed by atoms with Gasteiger partial charge in [0.2, 0.25) is 11.1 Å². The molecule has 2 aromatic heterocycles. The molecule has 0 saturated heterocycles. The second kappa shape index (κ2) is 8.76. The van der Waals surface area contributed by atoms with Crippen LogP contribution in [0.2, 0.25) is 0 Å². The van der Waals surface area contributed by atoms with E-state index >= 15 is 0 Å². The molecule has 0 atom stereocenters. The quantitative estimate of drug-likeness (QED) is 0.407. The van der Waals surface area contributed by atoms with E-state index in [-0.39, 0.29) is 5.91 Å². The first-order valence-electron chi connectivity index (χ1n) is 9.32. The van der Waals surface area contributed by atoms with E-state index in [1.54, 1.807) is 16.5 Å². The molecule has 0 N–H and O–H groups in total. The number of hydrogen-bond acceptors (Lipinski definition) is 7. The number of benzene rings is 2. The second-order valence-electron chi connectivity index (χ2n) is 6.74. The van der Waals surface area contributed by atoms with Crippen molar-refractivity contribution in [3.63, 3.8) is 0 Å². The molecule has 4 aromatic rings. The summed E-state index contributed by atoms with van der Waals surface area (Å²) in [4.78, 5) is 18.7. The molecule has 0 spiro atoms. The lowest BCUT2D eigenvalue weighted by Crippen LogP contribution is -2.22. The van der Waals surface area contributed by atoms with Crippen molar-refractivity contribution in [3.8, 4) is 5.69 Å². The first-order chi connectivity index (χ1) is 14.5. The Kier molecular flexibility index (Phi) is 5.91. The average Bonchev–Trinajstić information content (AvgIpc) is 3.39. The molecule has 2 heterocycles. The van der Waals surface area contributed by atoms with Gasteiger partial charge in [-0.3, -0.25) is 9.69 Å². The number of carbonyl (C=O) groups excluding carboxylic acids is 1. The smallest absolute Gasteiger partial charge is 0.230 e. The molecule has 0 aliphatic heterocycles. The van der Waals surface area contributed by atoms with E-state index in [1.807, 2.05) is 60.8 Å². The van der Waals surface area contributed by atoms with Crippen LogP contribution in [-0.4, -0.2) is 31.1 Å². The first-order valence-corrected chi connectivity index (χ1v) is 11.2. The largest absolute Gasteiger partial charge is 0.274 e. The summed E-state index contributed by atoms with van der Waals surface area (Å²) < 4.78 is 1.70. The van der Waals surface area contributed by atoms with E-state index in [2.05, 4.69) is 27.4 Å². The van der Waals surface area contributed by atoms with Crippen LogP contribution >= 0.6 is 23.1 Å². The van der Waals surface area contributed by atoms with Gasteiger partial charge in [0.25, 0.3) is 0 Å². The maximum absolute atomic E-state index is 12.4. The summed E-state index contributed by atoms with van der Waals surface area (Å²) in [5, 5.41) is 15.3. The lowest BCUT2D eigenvalue weighted by atomic mass is 10.1. The highest BCUT2D eigenvalue weighted by molar-refractivity contribution is 7.98. The van der Waals surface area contributed by atoms with Crippen LogP contribution in [0, 0.1) is 13.8 Å². The Bertz CT molecular complexity index is 1170. The summed E-state index contributed by atoms with van der Waals surface area (Å²) >= 11 is 2.95. The molecular formula is C21H20N6OS2. The van der Waals surface area contributed by atoms with E-state index in [9.17, 15) is 4.79 Å². The van der Waals surface area contributed by atoms with Crippen LogP contribution in [0.1, 0.15) is 23.7 Å². The fourth-order valence-corrected chi connectivity index (χ4v) is 4.67. The van der Waals surface area contributed by atoms with Gasteiger partial charge in [-0.15, -0.1) is 16.4 Å². The van der Waals surface area contributed by atoms with Crippen LogP contribution in [0.5, 0.6) is 0 Å². The molecule has 0 aliphatic rings. The summed E-state index contributed by atoms with van der Waals surface area (Å²) in [5.41, 5.74) is 4.93. The lowest BCUT2D eigenvalue weighted by Gasteiger charge is -2.19. The molecule has 4 rings (SSSR count). The predicted molar refractivity (Wildman–Crippen MR) is 120 cm³/mol. The number of tetrazole rings is 1. The second-order valence-corrected chi connectivity index (χ2v) is 8.52. The molecular weight excluding hydrogens is 416 g/mol. The normalized spacial score (nSPS) is 10.9. The van der Waals surface area contributed by atoms with Gasteiger partial charge in [0, 0.05) is 18.1 Å². The molecule has 30 heavy (non-hydrogen) atoms. The van der Waals surface area contributed by atoms with E-state index in [4.69, 9.17) is 0 Å². The van der Waals surface area contributed by atoms with Crippen molar-refractivity contribution in [3.05, 3.63) is 70.7 Å². The van der Waals surface area contributed by atoms with E-state index in [0.29, 0.717) is 16.0 Å². The van der Waals surface area contributed by atoms with E-state index in [1.165, 1.54) is 28.7 Å². The van der Waals surface area contributed by atoms with Crippen molar-refractivity contribution in [1.82, 2.24) is 25.2 Å². The number of para-hydroxylation sites is 1. The Morgan fingerprint density at radius 1 is 1.13 bits per heavy atom. The van der Waals surface area contributed by atoms with Gasteiger partial charge >= 0.3 is 0 Å². The molecule has 152 valence electrons. The maximum Gasteiger partial charge on any atom is 0.230 e. The zero-order valence-corrected chi connectivity index (χ0v) is 18.4. The monoisotopic (exact) mass is 436 g/mol. The molecule has 0 fully saturated rings. The fraction of sp³-hybridized carbons (Fsp3) is 0.190. The third kappa shape index (κ3) is 4.27. The molecule has 0 bridgehead atoms. The minimum Gasteiger partial charge on any atom is -0.274 e. The number of carbonyl (C=O) groups is 1. The highest BCUT2D eigenvalue weighted by Gasteiger charge is 2.19. The van der Waals surface area contributed by atoms with Crippen molar-refractivity contribution < 1.29 is 4.79 Å². The molecule has 1 amide bonds. The molecule has 0 unspecified atom stereocenters. The van der Waals surface area contributed by atoms with Crippen molar-refractivity contribution >= 4 is 39.8 Å². The van der Waals surface area contributed by atoms with Crippen molar-refractivity contribution in [2.24, 2.45) is 0 Å². The van der Waals surface area contributed by atoms with Crippen LogP contribution in [0.15, 0.2) is 59.1 Å². The highest BCUT2D eigenvalue weighted by atomic mass is 32.2. The number of rotatable bonds is 6.